The Morgan fingerprint density at radius 1 is 1.30 bits per heavy atom. The molecule has 1 heterocycles. The molecule has 0 saturated heterocycles. The molecule has 7 heteroatoms. The molecule has 20 heavy (non-hydrogen) atoms. The molecule has 1 aromatic rings. The first-order valence-electron chi connectivity index (χ1n) is 5.89. The number of benzene rings is 1. The second-order valence-electron chi connectivity index (χ2n) is 4.81. The lowest BCUT2D eigenvalue weighted by atomic mass is 10.1. The summed E-state index contributed by atoms with van der Waals surface area (Å²) in [6.07, 6.45) is -5.45. The number of alkyl halides is 3. The SMILES string of the molecule is CC1=NN(C(=S)c2ccc(C)cc2)[C@@](O)(C(F)(F)F)C1. The van der Waals surface area contributed by atoms with Crippen molar-refractivity contribution in [3.05, 3.63) is 35.4 Å². The zero-order valence-electron chi connectivity index (χ0n) is 10.9. The summed E-state index contributed by atoms with van der Waals surface area (Å²) in [5.41, 5.74) is -1.52. The standard InChI is InChI=1S/C13H13F3N2OS/c1-8-3-5-10(6-4-8)11(20)18-12(19,13(14,15)16)7-9(2)17-18/h3-6,19H,7H2,1-2H3/t12-/m0/s1. The lowest BCUT2D eigenvalue weighted by Gasteiger charge is -2.34. The van der Waals surface area contributed by atoms with Crippen LogP contribution in [-0.2, 0) is 0 Å². The second-order valence-corrected chi connectivity index (χ2v) is 5.20. The Balaban J connectivity index is 2.39. The Morgan fingerprint density at radius 3 is 2.35 bits per heavy atom. The normalized spacial score (nSPS) is 22.9. The molecule has 0 bridgehead atoms. The van der Waals surface area contributed by atoms with Gasteiger partial charge in [0.1, 0.15) is 4.99 Å². The van der Waals surface area contributed by atoms with Crippen LogP contribution in [0.2, 0.25) is 0 Å². The smallest absolute Gasteiger partial charge is 0.362 e. The summed E-state index contributed by atoms with van der Waals surface area (Å²) in [5, 5.41) is 14.2. The highest BCUT2D eigenvalue weighted by molar-refractivity contribution is 7.80. The van der Waals surface area contributed by atoms with Crippen LogP contribution in [0.1, 0.15) is 24.5 Å². The van der Waals surface area contributed by atoms with E-state index in [1.54, 1.807) is 24.3 Å². The van der Waals surface area contributed by atoms with Gasteiger partial charge in [0, 0.05) is 17.7 Å². The van der Waals surface area contributed by atoms with E-state index in [9.17, 15) is 18.3 Å². The van der Waals surface area contributed by atoms with Gasteiger partial charge in [0.2, 0.25) is 0 Å². The van der Waals surface area contributed by atoms with E-state index in [4.69, 9.17) is 12.2 Å². The van der Waals surface area contributed by atoms with Gasteiger partial charge in [0.15, 0.2) is 0 Å². The predicted molar refractivity (Wildman–Crippen MR) is 73.4 cm³/mol. The van der Waals surface area contributed by atoms with Gasteiger partial charge in [-0.3, -0.25) is 0 Å². The average Bonchev–Trinajstić information content (AvgIpc) is 2.65. The molecule has 108 valence electrons. The maximum atomic E-state index is 13.1. The van der Waals surface area contributed by atoms with Crippen LogP contribution in [0.25, 0.3) is 0 Å². The fraction of sp³-hybridized carbons (Fsp3) is 0.385. The number of aryl methyl sites for hydroxylation is 1. The molecule has 0 unspecified atom stereocenters. The van der Waals surface area contributed by atoms with E-state index >= 15 is 0 Å². The van der Waals surface area contributed by atoms with Gasteiger partial charge in [-0.05, 0) is 13.8 Å². The largest absolute Gasteiger partial charge is 0.438 e. The number of halogens is 3. The van der Waals surface area contributed by atoms with E-state index in [-0.39, 0.29) is 10.7 Å². The minimum atomic E-state index is -4.84. The van der Waals surface area contributed by atoms with Gasteiger partial charge in [-0.1, -0.05) is 42.0 Å². The van der Waals surface area contributed by atoms with Crippen LogP contribution < -0.4 is 0 Å². The Labute approximate surface area is 119 Å². The van der Waals surface area contributed by atoms with Crippen LogP contribution in [0, 0.1) is 6.92 Å². The molecule has 1 atom stereocenters. The minimum absolute atomic E-state index is 0.151. The zero-order chi connectivity index (χ0) is 15.1. The van der Waals surface area contributed by atoms with Crippen LogP contribution in [0.5, 0.6) is 0 Å². The summed E-state index contributed by atoms with van der Waals surface area (Å²) < 4.78 is 39.3. The van der Waals surface area contributed by atoms with Gasteiger partial charge >= 0.3 is 6.18 Å². The molecular weight excluding hydrogens is 289 g/mol. The molecule has 0 aromatic heterocycles. The van der Waals surface area contributed by atoms with Gasteiger partial charge in [-0.25, -0.2) is 5.01 Å². The maximum Gasteiger partial charge on any atom is 0.438 e. The van der Waals surface area contributed by atoms with Gasteiger partial charge in [0.05, 0.1) is 0 Å². The molecule has 1 aliphatic rings. The number of hydrazone groups is 1. The molecule has 0 aliphatic carbocycles. The monoisotopic (exact) mass is 302 g/mol. The van der Waals surface area contributed by atoms with Gasteiger partial charge in [0.25, 0.3) is 5.72 Å². The van der Waals surface area contributed by atoms with Crippen LogP contribution in [0.4, 0.5) is 13.2 Å². The Bertz CT molecular complexity index is 568. The summed E-state index contributed by atoms with van der Waals surface area (Å²) in [5.74, 6) is 0. The molecule has 1 N–H and O–H groups in total. The molecular formula is C13H13F3N2OS. The Hall–Kier alpha value is -1.47. The van der Waals surface area contributed by atoms with E-state index in [0.717, 1.165) is 5.56 Å². The van der Waals surface area contributed by atoms with Crippen LogP contribution in [-0.4, -0.2) is 32.7 Å². The Morgan fingerprint density at radius 2 is 1.85 bits per heavy atom. The molecule has 2 rings (SSSR count). The number of hydrogen-bond acceptors (Lipinski definition) is 3. The number of aliphatic hydroxyl groups is 1. The highest BCUT2D eigenvalue weighted by Crippen LogP contribution is 2.41. The van der Waals surface area contributed by atoms with Crippen LogP contribution >= 0.6 is 12.2 Å². The molecule has 0 saturated carbocycles. The van der Waals surface area contributed by atoms with Crippen LogP contribution in [0.15, 0.2) is 29.4 Å². The van der Waals surface area contributed by atoms with Crippen molar-refractivity contribution in [1.29, 1.82) is 0 Å². The lowest BCUT2D eigenvalue weighted by Crippen LogP contribution is -2.56. The highest BCUT2D eigenvalue weighted by atomic mass is 32.1. The fourth-order valence-corrected chi connectivity index (χ4v) is 2.30. The van der Waals surface area contributed by atoms with Crippen molar-refractivity contribution in [2.24, 2.45) is 5.10 Å². The molecule has 0 amide bonds. The molecule has 3 nitrogen and oxygen atoms in total. The first-order valence-corrected chi connectivity index (χ1v) is 6.30. The van der Waals surface area contributed by atoms with E-state index in [1.807, 2.05) is 6.92 Å². The first kappa shape index (κ1) is 14.9. The van der Waals surface area contributed by atoms with Crippen molar-refractivity contribution < 1.29 is 18.3 Å². The summed E-state index contributed by atoms with van der Waals surface area (Å²) in [4.78, 5) is -0.151. The van der Waals surface area contributed by atoms with Crippen molar-refractivity contribution in [3.8, 4) is 0 Å². The number of rotatable bonds is 1. The lowest BCUT2D eigenvalue weighted by molar-refractivity contribution is -0.294. The summed E-state index contributed by atoms with van der Waals surface area (Å²) in [7, 11) is 0. The van der Waals surface area contributed by atoms with E-state index in [1.165, 1.54) is 6.92 Å². The van der Waals surface area contributed by atoms with E-state index in [0.29, 0.717) is 10.6 Å². The number of nitrogens with zero attached hydrogens (tertiary/aromatic N) is 2. The molecule has 1 aromatic carbocycles. The summed E-state index contributed by atoms with van der Waals surface area (Å²) in [6, 6.07) is 6.69. The molecule has 1 aliphatic heterocycles. The van der Waals surface area contributed by atoms with Gasteiger partial charge in [-0.15, -0.1) is 0 Å². The topological polar surface area (TPSA) is 35.8 Å². The van der Waals surface area contributed by atoms with E-state index < -0.39 is 18.3 Å². The van der Waals surface area contributed by atoms with Crippen molar-refractivity contribution in [3.63, 3.8) is 0 Å². The third-order valence-electron chi connectivity index (χ3n) is 3.07. The number of thiocarbonyl (C=S) groups is 1. The van der Waals surface area contributed by atoms with Gasteiger partial charge < -0.3 is 5.11 Å². The third kappa shape index (κ3) is 2.43. The van der Waals surface area contributed by atoms with Crippen molar-refractivity contribution in [2.45, 2.75) is 32.2 Å². The van der Waals surface area contributed by atoms with Crippen molar-refractivity contribution in [1.82, 2.24) is 5.01 Å². The van der Waals surface area contributed by atoms with Crippen molar-refractivity contribution >= 4 is 22.9 Å². The number of hydrogen-bond donors (Lipinski definition) is 1. The average molecular weight is 302 g/mol. The Kier molecular flexibility index (Phi) is 3.60. The molecule has 0 fully saturated rings. The van der Waals surface area contributed by atoms with Gasteiger partial charge in [-0.2, -0.15) is 18.3 Å². The quantitative estimate of drug-likeness (QED) is 0.810. The summed E-state index contributed by atoms with van der Waals surface area (Å²) in [6.45, 7) is 3.28. The predicted octanol–water partition coefficient (Wildman–Crippen LogP) is 3.00. The highest BCUT2D eigenvalue weighted by Gasteiger charge is 2.61. The molecule has 0 spiro atoms. The minimum Gasteiger partial charge on any atom is -0.362 e. The van der Waals surface area contributed by atoms with Crippen LogP contribution in [0.3, 0.4) is 0 Å². The second kappa shape index (κ2) is 4.82. The third-order valence-corrected chi connectivity index (χ3v) is 3.48. The zero-order valence-corrected chi connectivity index (χ0v) is 11.7. The maximum absolute atomic E-state index is 13.1. The fourth-order valence-electron chi connectivity index (χ4n) is 1.97. The van der Waals surface area contributed by atoms with E-state index in [2.05, 4.69) is 5.10 Å². The van der Waals surface area contributed by atoms with Crippen molar-refractivity contribution in [2.75, 3.05) is 0 Å². The first-order chi connectivity index (χ1) is 9.15. The molecule has 0 radical (unpaired) electrons. The summed E-state index contributed by atoms with van der Waals surface area (Å²) >= 11 is 5.05.